The van der Waals surface area contributed by atoms with Crippen LogP contribution in [0.2, 0.25) is 0 Å². The molecule has 1 aromatic heterocycles. The van der Waals surface area contributed by atoms with E-state index >= 15 is 0 Å². The van der Waals surface area contributed by atoms with Gasteiger partial charge in [0.25, 0.3) is 0 Å². The van der Waals surface area contributed by atoms with Crippen molar-refractivity contribution in [2.75, 3.05) is 7.11 Å². The van der Waals surface area contributed by atoms with Crippen molar-refractivity contribution in [3.05, 3.63) is 29.7 Å². The van der Waals surface area contributed by atoms with E-state index < -0.39 is 0 Å². The summed E-state index contributed by atoms with van der Waals surface area (Å²) < 4.78 is 10.6. The van der Waals surface area contributed by atoms with Gasteiger partial charge in [0, 0.05) is 0 Å². The Morgan fingerprint density at radius 2 is 2.21 bits per heavy atom. The molecule has 0 fully saturated rings. The summed E-state index contributed by atoms with van der Waals surface area (Å²) in [6.45, 7) is 4.07. The number of hydrogen-bond acceptors (Lipinski definition) is 5. The lowest BCUT2D eigenvalue weighted by Crippen LogP contribution is -2.09. The standard InChI is InChI=1S/C14H19N3O2/c1-4-5-11(15)14-16-13(17-19-14)10-7-6-9(2)8-12(10)18-3/h6-8,11H,4-5,15H2,1-3H3/t11-/m0/s1. The van der Waals surface area contributed by atoms with Gasteiger partial charge in [-0.2, -0.15) is 4.98 Å². The van der Waals surface area contributed by atoms with E-state index in [1.165, 1.54) is 0 Å². The molecule has 0 unspecified atom stereocenters. The maximum absolute atomic E-state index is 5.96. The molecule has 0 saturated carbocycles. The summed E-state index contributed by atoms with van der Waals surface area (Å²) in [5.74, 6) is 1.72. The maximum Gasteiger partial charge on any atom is 0.243 e. The molecule has 0 spiro atoms. The summed E-state index contributed by atoms with van der Waals surface area (Å²) in [6, 6.07) is 5.65. The predicted octanol–water partition coefficient (Wildman–Crippen LogP) is 2.85. The van der Waals surface area contributed by atoms with Gasteiger partial charge in [-0.05, 0) is 31.0 Å². The SMILES string of the molecule is CCC[C@H](N)c1nc(-c2ccc(C)cc2OC)no1. The number of nitrogens with zero attached hydrogens (tertiary/aromatic N) is 2. The molecule has 0 saturated heterocycles. The molecule has 0 aliphatic heterocycles. The average molecular weight is 261 g/mol. The Bertz CT molecular complexity index is 551. The average Bonchev–Trinajstić information content (AvgIpc) is 2.88. The molecule has 5 heteroatoms. The minimum Gasteiger partial charge on any atom is -0.496 e. The lowest BCUT2D eigenvalue weighted by Gasteiger charge is -2.05. The molecule has 19 heavy (non-hydrogen) atoms. The van der Waals surface area contributed by atoms with Crippen molar-refractivity contribution in [1.29, 1.82) is 0 Å². The van der Waals surface area contributed by atoms with Crippen LogP contribution in [-0.4, -0.2) is 17.3 Å². The molecule has 0 amide bonds. The van der Waals surface area contributed by atoms with Crippen LogP contribution >= 0.6 is 0 Å². The quantitative estimate of drug-likeness (QED) is 0.895. The van der Waals surface area contributed by atoms with E-state index in [2.05, 4.69) is 17.1 Å². The van der Waals surface area contributed by atoms with Crippen LogP contribution in [-0.2, 0) is 0 Å². The van der Waals surface area contributed by atoms with E-state index in [4.69, 9.17) is 15.0 Å². The highest BCUT2D eigenvalue weighted by Gasteiger charge is 2.17. The molecule has 102 valence electrons. The Morgan fingerprint density at radius 1 is 1.42 bits per heavy atom. The van der Waals surface area contributed by atoms with Crippen LogP contribution in [0.1, 0.15) is 37.3 Å². The Labute approximate surface area is 112 Å². The number of benzene rings is 1. The fourth-order valence-electron chi connectivity index (χ4n) is 1.91. The molecule has 2 rings (SSSR count). The molecule has 5 nitrogen and oxygen atoms in total. The Morgan fingerprint density at radius 3 is 2.89 bits per heavy atom. The second-order valence-corrected chi connectivity index (χ2v) is 4.56. The molecule has 0 aliphatic rings. The number of aryl methyl sites for hydroxylation is 1. The summed E-state index contributed by atoms with van der Waals surface area (Å²) >= 11 is 0. The van der Waals surface area contributed by atoms with Gasteiger partial charge >= 0.3 is 0 Å². The highest BCUT2D eigenvalue weighted by Crippen LogP contribution is 2.29. The van der Waals surface area contributed by atoms with Crippen molar-refractivity contribution in [2.24, 2.45) is 5.73 Å². The maximum atomic E-state index is 5.96. The number of aromatic nitrogens is 2. The van der Waals surface area contributed by atoms with Crippen molar-refractivity contribution in [1.82, 2.24) is 10.1 Å². The van der Waals surface area contributed by atoms with E-state index in [1.807, 2.05) is 25.1 Å². The van der Waals surface area contributed by atoms with E-state index in [1.54, 1.807) is 7.11 Å². The van der Waals surface area contributed by atoms with Gasteiger partial charge in [-0.3, -0.25) is 0 Å². The summed E-state index contributed by atoms with van der Waals surface area (Å²) in [7, 11) is 1.63. The summed E-state index contributed by atoms with van der Waals surface area (Å²) in [4.78, 5) is 4.35. The van der Waals surface area contributed by atoms with Gasteiger partial charge in [-0.25, -0.2) is 0 Å². The van der Waals surface area contributed by atoms with E-state index in [0.29, 0.717) is 11.7 Å². The lowest BCUT2D eigenvalue weighted by atomic mass is 10.1. The lowest BCUT2D eigenvalue weighted by molar-refractivity contribution is 0.348. The van der Waals surface area contributed by atoms with Gasteiger partial charge in [0.15, 0.2) is 0 Å². The van der Waals surface area contributed by atoms with Crippen molar-refractivity contribution in [2.45, 2.75) is 32.7 Å². The molecule has 2 aromatic rings. The predicted molar refractivity (Wildman–Crippen MR) is 72.9 cm³/mol. The van der Waals surface area contributed by atoms with Gasteiger partial charge in [0.2, 0.25) is 11.7 Å². The van der Waals surface area contributed by atoms with Crippen molar-refractivity contribution < 1.29 is 9.26 Å². The zero-order valence-electron chi connectivity index (χ0n) is 11.5. The highest BCUT2D eigenvalue weighted by molar-refractivity contribution is 5.64. The van der Waals surface area contributed by atoms with Crippen LogP contribution in [0.4, 0.5) is 0 Å². The minimum atomic E-state index is -0.206. The first kappa shape index (κ1) is 13.5. The van der Waals surface area contributed by atoms with Crippen molar-refractivity contribution in [3.63, 3.8) is 0 Å². The largest absolute Gasteiger partial charge is 0.496 e. The second kappa shape index (κ2) is 5.84. The fourth-order valence-corrected chi connectivity index (χ4v) is 1.91. The van der Waals surface area contributed by atoms with Crippen LogP contribution < -0.4 is 10.5 Å². The monoisotopic (exact) mass is 261 g/mol. The van der Waals surface area contributed by atoms with Gasteiger partial charge < -0.3 is 15.0 Å². The van der Waals surface area contributed by atoms with E-state index in [0.717, 1.165) is 29.7 Å². The summed E-state index contributed by atoms with van der Waals surface area (Å²) in [6.07, 6.45) is 1.80. The molecule has 2 N–H and O–H groups in total. The Balaban J connectivity index is 2.32. The first-order chi connectivity index (χ1) is 9.15. The molecule has 1 atom stereocenters. The summed E-state index contributed by atoms with van der Waals surface area (Å²) in [5, 5.41) is 3.98. The number of ether oxygens (including phenoxy) is 1. The van der Waals surface area contributed by atoms with Gasteiger partial charge in [-0.1, -0.05) is 24.6 Å². The highest BCUT2D eigenvalue weighted by atomic mass is 16.5. The Hall–Kier alpha value is -1.88. The number of nitrogens with two attached hydrogens (primary N) is 1. The topological polar surface area (TPSA) is 74.2 Å². The van der Waals surface area contributed by atoms with Gasteiger partial charge in [0.1, 0.15) is 5.75 Å². The smallest absolute Gasteiger partial charge is 0.243 e. The third-order valence-corrected chi connectivity index (χ3v) is 2.96. The Kier molecular flexibility index (Phi) is 4.16. The first-order valence-electron chi connectivity index (χ1n) is 6.40. The van der Waals surface area contributed by atoms with E-state index in [-0.39, 0.29) is 6.04 Å². The molecule has 1 aromatic carbocycles. The van der Waals surface area contributed by atoms with Crippen LogP contribution in [0, 0.1) is 6.92 Å². The minimum absolute atomic E-state index is 0.206. The third kappa shape index (κ3) is 2.93. The number of hydrogen-bond donors (Lipinski definition) is 1. The van der Waals surface area contributed by atoms with Gasteiger partial charge in [0.05, 0.1) is 18.7 Å². The molecule has 1 heterocycles. The van der Waals surface area contributed by atoms with Gasteiger partial charge in [-0.15, -0.1) is 0 Å². The second-order valence-electron chi connectivity index (χ2n) is 4.56. The van der Waals surface area contributed by atoms with Crippen molar-refractivity contribution >= 4 is 0 Å². The fraction of sp³-hybridized carbons (Fsp3) is 0.429. The zero-order chi connectivity index (χ0) is 13.8. The number of methoxy groups -OCH3 is 1. The van der Waals surface area contributed by atoms with Crippen LogP contribution in [0.25, 0.3) is 11.4 Å². The first-order valence-corrected chi connectivity index (χ1v) is 6.40. The van der Waals surface area contributed by atoms with Crippen LogP contribution in [0.15, 0.2) is 22.7 Å². The molecule has 0 aliphatic carbocycles. The van der Waals surface area contributed by atoms with Crippen LogP contribution in [0.5, 0.6) is 5.75 Å². The zero-order valence-corrected chi connectivity index (χ0v) is 11.5. The number of rotatable bonds is 5. The normalized spacial score (nSPS) is 12.4. The molecule has 0 bridgehead atoms. The van der Waals surface area contributed by atoms with Crippen molar-refractivity contribution in [3.8, 4) is 17.1 Å². The van der Waals surface area contributed by atoms with Crippen LogP contribution in [0.3, 0.4) is 0 Å². The van der Waals surface area contributed by atoms with E-state index in [9.17, 15) is 0 Å². The summed E-state index contributed by atoms with van der Waals surface area (Å²) in [5.41, 5.74) is 7.89. The molecule has 0 radical (unpaired) electrons. The third-order valence-electron chi connectivity index (χ3n) is 2.96. The molecular formula is C14H19N3O2. The molecular weight excluding hydrogens is 242 g/mol.